The summed E-state index contributed by atoms with van der Waals surface area (Å²) in [4.78, 5) is 0. The zero-order valence-electron chi connectivity index (χ0n) is 37.3. The van der Waals surface area contributed by atoms with E-state index in [4.69, 9.17) is 0 Å². The fourth-order valence-corrected chi connectivity index (χ4v) is 8.00. The average Bonchev–Trinajstić information content (AvgIpc) is 3.15. The third-order valence-electron chi connectivity index (χ3n) is 11.6. The van der Waals surface area contributed by atoms with E-state index in [0.29, 0.717) is 26.2 Å². The monoisotopic (exact) mass is 769 g/mol. The summed E-state index contributed by atoms with van der Waals surface area (Å²) in [5.41, 5.74) is 0. The van der Waals surface area contributed by atoms with Gasteiger partial charge in [0.1, 0.15) is 0 Å². The summed E-state index contributed by atoms with van der Waals surface area (Å²) < 4.78 is 0. The molecule has 0 aromatic carbocycles. The van der Waals surface area contributed by atoms with Crippen LogP contribution in [0.3, 0.4) is 0 Å². The van der Waals surface area contributed by atoms with Crippen LogP contribution in [0.15, 0.2) is 0 Å². The molecule has 0 rings (SSSR count). The molecule has 0 saturated carbocycles. The lowest BCUT2D eigenvalue weighted by molar-refractivity contribution is -0.111. The summed E-state index contributed by atoms with van der Waals surface area (Å²) in [5.74, 6) is 0. The number of aliphatic hydroxyl groups is 4. The average molecular weight is 769 g/mol. The van der Waals surface area contributed by atoms with E-state index >= 15 is 0 Å². The summed E-state index contributed by atoms with van der Waals surface area (Å²) in [6, 6.07) is 0. The van der Waals surface area contributed by atoms with Gasteiger partial charge in [-0.25, -0.2) is 10.0 Å². The zero-order valence-corrected chi connectivity index (χ0v) is 37.3. The SMILES string of the molecule is CCCCCCCCCCC(O)CN(CC(O)CCCCCCCCCC)N(CC(O)CCCCCCCCCC)CC(O)CCCCCCCCCC. The van der Waals surface area contributed by atoms with E-state index in [9.17, 15) is 20.4 Å². The highest BCUT2D eigenvalue weighted by atomic mass is 16.3. The van der Waals surface area contributed by atoms with Gasteiger partial charge in [-0.05, 0) is 25.7 Å². The van der Waals surface area contributed by atoms with Crippen molar-refractivity contribution in [1.29, 1.82) is 0 Å². The van der Waals surface area contributed by atoms with E-state index in [1.165, 1.54) is 154 Å². The van der Waals surface area contributed by atoms with E-state index in [1.54, 1.807) is 0 Å². The first-order chi connectivity index (χ1) is 26.4. The zero-order chi connectivity index (χ0) is 39.7. The Morgan fingerprint density at radius 1 is 0.241 bits per heavy atom. The van der Waals surface area contributed by atoms with Crippen LogP contribution in [0.25, 0.3) is 0 Å². The predicted molar refractivity (Wildman–Crippen MR) is 236 cm³/mol. The molecule has 4 N–H and O–H groups in total. The maximum Gasteiger partial charge on any atom is 0.0681 e. The molecule has 4 atom stereocenters. The number of aliphatic hydroxyl groups excluding tert-OH is 4. The molecule has 0 fully saturated rings. The number of hydrazine groups is 1. The molecule has 54 heavy (non-hydrogen) atoms. The third-order valence-corrected chi connectivity index (χ3v) is 11.6. The molecule has 0 aliphatic carbocycles. The topological polar surface area (TPSA) is 87.4 Å². The molecule has 0 aliphatic heterocycles. The lowest BCUT2D eigenvalue weighted by Gasteiger charge is -2.39. The molecular weight excluding hydrogens is 669 g/mol. The smallest absolute Gasteiger partial charge is 0.0681 e. The molecule has 4 unspecified atom stereocenters. The Labute approximate surface area is 339 Å². The molecule has 6 nitrogen and oxygen atoms in total. The maximum absolute atomic E-state index is 11.3. The first-order valence-corrected chi connectivity index (χ1v) is 24.6. The molecule has 0 heterocycles. The van der Waals surface area contributed by atoms with E-state index in [2.05, 4.69) is 37.7 Å². The summed E-state index contributed by atoms with van der Waals surface area (Å²) in [6.45, 7) is 10.8. The molecule has 6 heteroatoms. The molecule has 0 aliphatic rings. The van der Waals surface area contributed by atoms with Gasteiger partial charge in [0, 0.05) is 26.2 Å². The Kier molecular flexibility index (Phi) is 42.2. The molecule has 0 aromatic heterocycles. The minimum atomic E-state index is -0.488. The molecule has 0 radical (unpaired) electrons. The van der Waals surface area contributed by atoms with Crippen molar-refractivity contribution in [2.45, 2.75) is 283 Å². The lowest BCUT2D eigenvalue weighted by atomic mass is 10.0. The van der Waals surface area contributed by atoms with E-state index in [1.807, 2.05) is 0 Å². The van der Waals surface area contributed by atoms with Crippen LogP contribution >= 0.6 is 0 Å². The van der Waals surface area contributed by atoms with Crippen molar-refractivity contribution in [3.63, 3.8) is 0 Å². The number of unbranched alkanes of at least 4 members (excludes halogenated alkanes) is 28. The first kappa shape index (κ1) is 53.8. The summed E-state index contributed by atoms with van der Waals surface area (Å²) in [6.07, 6.45) is 40.9. The first-order valence-electron chi connectivity index (χ1n) is 24.6. The van der Waals surface area contributed by atoms with Crippen LogP contribution in [0.5, 0.6) is 0 Å². The second-order valence-corrected chi connectivity index (χ2v) is 17.4. The van der Waals surface area contributed by atoms with E-state index in [-0.39, 0.29) is 0 Å². The minimum absolute atomic E-state index is 0.444. The normalized spacial score (nSPS) is 14.3. The molecule has 0 aromatic rings. The Balaban J connectivity index is 5.40. The van der Waals surface area contributed by atoms with Crippen molar-refractivity contribution in [3.8, 4) is 0 Å². The van der Waals surface area contributed by atoms with Crippen LogP contribution in [0.2, 0.25) is 0 Å². The van der Waals surface area contributed by atoms with Crippen molar-refractivity contribution in [1.82, 2.24) is 10.0 Å². The van der Waals surface area contributed by atoms with Crippen LogP contribution in [-0.4, -0.2) is 81.0 Å². The predicted octanol–water partition coefficient (Wildman–Crippen LogP) is 13.1. The molecule has 0 bridgehead atoms. The number of hydrogen-bond donors (Lipinski definition) is 4. The van der Waals surface area contributed by atoms with Crippen molar-refractivity contribution < 1.29 is 20.4 Å². The van der Waals surface area contributed by atoms with Gasteiger partial charge >= 0.3 is 0 Å². The fourth-order valence-electron chi connectivity index (χ4n) is 8.00. The standard InChI is InChI=1S/C48H100N2O4/c1-5-9-13-17-21-25-29-33-37-45(51)41-49(42-46(52)38-34-30-26-22-18-14-10-6-2)50(43-47(53)39-35-31-27-23-19-15-11-7-3)44-48(54)40-36-32-28-24-20-16-12-8-4/h45-48,51-54H,5-44H2,1-4H3. The molecule has 0 spiro atoms. The Morgan fingerprint density at radius 3 is 0.556 bits per heavy atom. The van der Waals surface area contributed by atoms with Gasteiger partial charge in [0.05, 0.1) is 24.4 Å². The van der Waals surface area contributed by atoms with Gasteiger partial charge in [-0.15, -0.1) is 0 Å². The van der Waals surface area contributed by atoms with Crippen LogP contribution in [-0.2, 0) is 0 Å². The Morgan fingerprint density at radius 2 is 0.389 bits per heavy atom. The molecule has 326 valence electrons. The molecule has 0 amide bonds. The van der Waals surface area contributed by atoms with Crippen molar-refractivity contribution in [3.05, 3.63) is 0 Å². The van der Waals surface area contributed by atoms with Gasteiger partial charge in [0.25, 0.3) is 0 Å². The minimum Gasteiger partial charge on any atom is -0.392 e. The summed E-state index contributed by atoms with van der Waals surface area (Å²) in [5, 5.41) is 49.6. The van der Waals surface area contributed by atoms with Gasteiger partial charge in [-0.2, -0.15) is 0 Å². The quantitative estimate of drug-likeness (QED) is 0.0364. The number of nitrogens with zero attached hydrogens (tertiary/aromatic N) is 2. The lowest BCUT2D eigenvalue weighted by Crippen LogP contribution is -2.54. The highest BCUT2D eigenvalue weighted by Crippen LogP contribution is 2.18. The Bertz CT molecular complexity index is 598. The third kappa shape index (κ3) is 37.3. The van der Waals surface area contributed by atoms with Crippen LogP contribution in [0.1, 0.15) is 259 Å². The van der Waals surface area contributed by atoms with Crippen molar-refractivity contribution in [2.75, 3.05) is 26.2 Å². The number of hydrogen-bond acceptors (Lipinski definition) is 6. The summed E-state index contributed by atoms with van der Waals surface area (Å²) >= 11 is 0. The number of rotatable bonds is 45. The van der Waals surface area contributed by atoms with Crippen molar-refractivity contribution >= 4 is 0 Å². The Hall–Kier alpha value is -0.240. The maximum atomic E-state index is 11.3. The second-order valence-electron chi connectivity index (χ2n) is 17.4. The molecular formula is C48H100N2O4. The van der Waals surface area contributed by atoms with E-state index in [0.717, 1.165) is 77.0 Å². The van der Waals surface area contributed by atoms with Crippen LogP contribution in [0, 0.1) is 0 Å². The highest BCUT2D eigenvalue weighted by Gasteiger charge is 2.26. The van der Waals surface area contributed by atoms with Gasteiger partial charge in [-0.3, -0.25) is 0 Å². The van der Waals surface area contributed by atoms with Crippen LogP contribution < -0.4 is 0 Å². The fraction of sp³-hybridized carbons (Fsp3) is 1.00. The second kappa shape index (κ2) is 42.4. The van der Waals surface area contributed by atoms with Crippen LogP contribution in [0.4, 0.5) is 0 Å². The largest absolute Gasteiger partial charge is 0.392 e. The van der Waals surface area contributed by atoms with Gasteiger partial charge < -0.3 is 20.4 Å². The van der Waals surface area contributed by atoms with Gasteiger partial charge in [-0.1, -0.05) is 233 Å². The molecule has 0 saturated heterocycles. The van der Waals surface area contributed by atoms with Crippen molar-refractivity contribution in [2.24, 2.45) is 0 Å². The highest BCUT2D eigenvalue weighted by molar-refractivity contribution is 4.74. The van der Waals surface area contributed by atoms with Gasteiger partial charge in [0.2, 0.25) is 0 Å². The summed E-state index contributed by atoms with van der Waals surface area (Å²) in [7, 11) is 0. The van der Waals surface area contributed by atoms with Gasteiger partial charge in [0.15, 0.2) is 0 Å². The van der Waals surface area contributed by atoms with E-state index < -0.39 is 24.4 Å².